The lowest BCUT2D eigenvalue weighted by Crippen LogP contribution is -2.40. The number of hydrogen-bond donors (Lipinski definition) is 0. The standard InChI is InChI=1S/C12H21NO3/c1-6-7-8-10(9-14)13(5)11(15)16-12(2,3)4/h7-10H,6H2,1-5H3/b8-7+. The van der Waals surface area contributed by atoms with Gasteiger partial charge in [-0.05, 0) is 27.2 Å². The average molecular weight is 227 g/mol. The van der Waals surface area contributed by atoms with E-state index in [2.05, 4.69) is 0 Å². The predicted octanol–water partition coefficient (Wildman–Crippen LogP) is 2.39. The number of likely N-dealkylation sites (N-methyl/N-ethyl adjacent to an activating group) is 1. The van der Waals surface area contributed by atoms with Gasteiger partial charge in [0.1, 0.15) is 17.9 Å². The summed E-state index contributed by atoms with van der Waals surface area (Å²) in [5.41, 5.74) is -0.548. The molecule has 0 saturated carbocycles. The Balaban J connectivity index is 4.50. The van der Waals surface area contributed by atoms with E-state index in [-0.39, 0.29) is 0 Å². The van der Waals surface area contributed by atoms with E-state index in [0.717, 1.165) is 12.7 Å². The van der Waals surface area contributed by atoms with Gasteiger partial charge in [0.15, 0.2) is 0 Å². The van der Waals surface area contributed by atoms with Gasteiger partial charge < -0.3 is 9.53 Å². The topological polar surface area (TPSA) is 46.6 Å². The molecule has 0 aliphatic carbocycles. The van der Waals surface area contributed by atoms with E-state index in [9.17, 15) is 9.59 Å². The van der Waals surface area contributed by atoms with Crippen molar-refractivity contribution in [2.24, 2.45) is 0 Å². The van der Waals surface area contributed by atoms with Crippen LogP contribution in [0.1, 0.15) is 34.1 Å². The van der Waals surface area contributed by atoms with Gasteiger partial charge in [-0.15, -0.1) is 0 Å². The smallest absolute Gasteiger partial charge is 0.410 e. The van der Waals surface area contributed by atoms with Crippen LogP contribution >= 0.6 is 0 Å². The monoisotopic (exact) mass is 227 g/mol. The third-order valence-corrected chi connectivity index (χ3v) is 1.84. The first-order valence-corrected chi connectivity index (χ1v) is 5.39. The van der Waals surface area contributed by atoms with Crippen molar-refractivity contribution in [3.63, 3.8) is 0 Å². The van der Waals surface area contributed by atoms with E-state index >= 15 is 0 Å². The highest BCUT2D eigenvalue weighted by Gasteiger charge is 2.23. The minimum Gasteiger partial charge on any atom is -0.444 e. The third-order valence-electron chi connectivity index (χ3n) is 1.84. The molecular weight excluding hydrogens is 206 g/mol. The lowest BCUT2D eigenvalue weighted by atomic mass is 10.2. The predicted molar refractivity (Wildman–Crippen MR) is 63.3 cm³/mol. The highest BCUT2D eigenvalue weighted by Crippen LogP contribution is 2.10. The van der Waals surface area contributed by atoms with Gasteiger partial charge in [0.25, 0.3) is 0 Å². The maximum atomic E-state index is 11.6. The number of allylic oxidation sites excluding steroid dienone is 1. The Hall–Kier alpha value is -1.32. The summed E-state index contributed by atoms with van der Waals surface area (Å²) >= 11 is 0. The zero-order valence-corrected chi connectivity index (χ0v) is 10.7. The highest BCUT2D eigenvalue weighted by atomic mass is 16.6. The molecule has 4 nitrogen and oxygen atoms in total. The molecule has 92 valence electrons. The summed E-state index contributed by atoms with van der Waals surface area (Å²) < 4.78 is 5.16. The molecule has 0 aromatic carbocycles. The molecule has 0 radical (unpaired) electrons. The number of carbonyl (C=O) groups excluding carboxylic acids is 2. The molecule has 0 heterocycles. The molecule has 0 aliphatic heterocycles. The summed E-state index contributed by atoms with van der Waals surface area (Å²) in [6, 6.07) is -0.560. The first-order chi connectivity index (χ1) is 7.31. The minimum absolute atomic E-state index is 0.495. The van der Waals surface area contributed by atoms with Gasteiger partial charge in [-0.2, -0.15) is 0 Å². The quantitative estimate of drug-likeness (QED) is 0.547. The Morgan fingerprint density at radius 3 is 2.38 bits per heavy atom. The molecule has 0 aromatic rings. The van der Waals surface area contributed by atoms with Crippen LogP contribution in [-0.2, 0) is 9.53 Å². The van der Waals surface area contributed by atoms with Crippen LogP contribution in [0, 0.1) is 0 Å². The highest BCUT2D eigenvalue weighted by molar-refractivity contribution is 5.74. The van der Waals surface area contributed by atoms with Crippen LogP contribution in [0.4, 0.5) is 4.79 Å². The average Bonchev–Trinajstić information content (AvgIpc) is 2.16. The van der Waals surface area contributed by atoms with Crippen molar-refractivity contribution in [1.82, 2.24) is 4.90 Å². The third kappa shape index (κ3) is 5.53. The number of amides is 1. The number of ether oxygens (including phenoxy) is 1. The van der Waals surface area contributed by atoms with Crippen molar-refractivity contribution in [1.29, 1.82) is 0 Å². The number of carbonyl (C=O) groups is 2. The van der Waals surface area contributed by atoms with Gasteiger partial charge in [-0.25, -0.2) is 4.79 Å². The molecule has 0 aromatic heterocycles. The molecule has 0 aliphatic rings. The van der Waals surface area contributed by atoms with Crippen molar-refractivity contribution in [3.05, 3.63) is 12.2 Å². The van der Waals surface area contributed by atoms with Crippen LogP contribution in [0.25, 0.3) is 0 Å². The summed E-state index contributed by atoms with van der Waals surface area (Å²) in [5, 5.41) is 0. The van der Waals surface area contributed by atoms with E-state index in [1.165, 1.54) is 4.90 Å². The molecule has 0 saturated heterocycles. The van der Waals surface area contributed by atoms with E-state index in [4.69, 9.17) is 4.74 Å². The van der Waals surface area contributed by atoms with Crippen LogP contribution in [0.15, 0.2) is 12.2 Å². The summed E-state index contributed by atoms with van der Waals surface area (Å²) in [4.78, 5) is 23.7. The minimum atomic E-state index is -0.560. The second-order valence-electron chi connectivity index (χ2n) is 4.55. The largest absolute Gasteiger partial charge is 0.444 e. The molecule has 0 N–H and O–H groups in total. The first-order valence-electron chi connectivity index (χ1n) is 5.39. The van der Waals surface area contributed by atoms with Crippen molar-refractivity contribution < 1.29 is 14.3 Å². The van der Waals surface area contributed by atoms with Gasteiger partial charge in [0.2, 0.25) is 0 Å². The molecule has 0 spiro atoms. The SMILES string of the molecule is CC/C=C/C(C=O)N(C)C(=O)OC(C)(C)C. The van der Waals surface area contributed by atoms with Gasteiger partial charge in [-0.3, -0.25) is 4.90 Å². The molecule has 4 heteroatoms. The number of hydrogen-bond acceptors (Lipinski definition) is 3. The fraction of sp³-hybridized carbons (Fsp3) is 0.667. The number of aldehydes is 1. The van der Waals surface area contributed by atoms with Gasteiger partial charge in [0.05, 0.1) is 0 Å². The van der Waals surface area contributed by atoms with Gasteiger partial charge in [-0.1, -0.05) is 19.1 Å². The molecule has 0 fully saturated rings. The molecule has 1 atom stereocenters. The lowest BCUT2D eigenvalue weighted by Gasteiger charge is -2.26. The summed E-state index contributed by atoms with van der Waals surface area (Å²) in [7, 11) is 1.55. The maximum absolute atomic E-state index is 11.6. The molecule has 16 heavy (non-hydrogen) atoms. The van der Waals surface area contributed by atoms with Crippen molar-refractivity contribution in [2.45, 2.75) is 45.8 Å². The Labute approximate surface area is 97.3 Å². The molecule has 1 amide bonds. The van der Waals surface area contributed by atoms with E-state index in [1.807, 2.05) is 13.0 Å². The summed E-state index contributed by atoms with van der Waals surface area (Å²) in [6.07, 6.45) is 4.59. The summed E-state index contributed by atoms with van der Waals surface area (Å²) in [5.74, 6) is 0. The molecule has 0 bridgehead atoms. The Morgan fingerprint density at radius 2 is 2.00 bits per heavy atom. The van der Waals surface area contributed by atoms with Crippen molar-refractivity contribution in [2.75, 3.05) is 7.05 Å². The fourth-order valence-corrected chi connectivity index (χ4v) is 0.997. The lowest BCUT2D eigenvalue weighted by molar-refractivity contribution is -0.110. The zero-order valence-electron chi connectivity index (χ0n) is 10.7. The number of rotatable bonds is 4. The zero-order chi connectivity index (χ0) is 12.8. The van der Waals surface area contributed by atoms with Gasteiger partial charge in [0, 0.05) is 7.05 Å². The normalized spacial score (nSPS) is 13.6. The number of nitrogens with zero attached hydrogens (tertiary/aromatic N) is 1. The first kappa shape index (κ1) is 14.7. The van der Waals surface area contributed by atoms with E-state index in [0.29, 0.717) is 0 Å². The second kappa shape index (κ2) is 6.30. The Kier molecular flexibility index (Phi) is 5.78. The van der Waals surface area contributed by atoms with Crippen LogP contribution in [0.5, 0.6) is 0 Å². The van der Waals surface area contributed by atoms with Crippen LogP contribution in [0.3, 0.4) is 0 Å². The fourth-order valence-electron chi connectivity index (χ4n) is 0.997. The van der Waals surface area contributed by atoms with Crippen molar-refractivity contribution >= 4 is 12.4 Å². The molecule has 1 unspecified atom stereocenters. The molecular formula is C12H21NO3. The maximum Gasteiger partial charge on any atom is 0.410 e. The van der Waals surface area contributed by atoms with Crippen LogP contribution < -0.4 is 0 Å². The van der Waals surface area contributed by atoms with Gasteiger partial charge >= 0.3 is 6.09 Å². The molecule has 0 rings (SSSR count). The van der Waals surface area contributed by atoms with Crippen molar-refractivity contribution in [3.8, 4) is 0 Å². The van der Waals surface area contributed by atoms with E-state index < -0.39 is 17.7 Å². The van der Waals surface area contributed by atoms with E-state index in [1.54, 1.807) is 33.9 Å². The Morgan fingerprint density at radius 1 is 1.44 bits per heavy atom. The Bertz CT molecular complexity index is 266. The van der Waals surface area contributed by atoms with Crippen LogP contribution in [0.2, 0.25) is 0 Å². The van der Waals surface area contributed by atoms with Crippen LogP contribution in [-0.4, -0.2) is 36.0 Å². The second-order valence-corrected chi connectivity index (χ2v) is 4.55. The summed E-state index contributed by atoms with van der Waals surface area (Å²) in [6.45, 7) is 7.33.